The molecule has 0 saturated carbocycles. The van der Waals surface area contributed by atoms with E-state index in [-0.39, 0.29) is 18.4 Å². The monoisotopic (exact) mass is 369 g/mol. The topological polar surface area (TPSA) is 79.9 Å². The summed E-state index contributed by atoms with van der Waals surface area (Å²) in [5, 5.41) is 5.86. The molecule has 0 atom stereocenters. The van der Waals surface area contributed by atoms with Crippen LogP contribution in [0.1, 0.15) is 10.4 Å². The Hall–Kier alpha value is -3.06. The number of morpholine rings is 1. The van der Waals surface area contributed by atoms with Gasteiger partial charge in [0.25, 0.3) is 5.91 Å². The zero-order valence-electron chi connectivity index (χ0n) is 15.2. The molecule has 27 heavy (non-hydrogen) atoms. The van der Waals surface area contributed by atoms with Gasteiger partial charge in [0.05, 0.1) is 26.9 Å². The minimum Gasteiger partial charge on any atom is -0.497 e. The standard InChI is InChI=1S/C20H23N3O4/c1-26-18-4-2-3-17(13-18)22-19(24)14-21-16-7-5-15(6-8-16)20(25)23-9-11-27-12-10-23/h2-8,13,21H,9-12,14H2,1H3,(H,22,24). The Kier molecular flexibility index (Phi) is 6.27. The van der Waals surface area contributed by atoms with Crippen molar-refractivity contribution in [2.75, 3.05) is 50.6 Å². The number of benzene rings is 2. The van der Waals surface area contributed by atoms with Gasteiger partial charge in [-0.05, 0) is 36.4 Å². The van der Waals surface area contributed by atoms with Crippen LogP contribution in [0.15, 0.2) is 48.5 Å². The molecule has 3 rings (SSSR count). The van der Waals surface area contributed by atoms with Crippen LogP contribution in [0, 0.1) is 0 Å². The third kappa shape index (κ3) is 5.21. The van der Waals surface area contributed by atoms with Crippen LogP contribution in [0.2, 0.25) is 0 Å². The quantitative estimate of drug-likeness (QED) is 0.816. The molecule has 1 saturated heterocycles. The molecule has 1 aliphatic heterocycles. The molecule has 1 aliphatic rings. The van der Waals surface area contributed by atoms with Gasteiger partial charge in [0.1, 0.15) is 5.75 Å². The molecule has 2 aromatic rings. The van der Waals surface area contributed by atoms with Crippen LogP contribution in [0.5, 0.6) is 5.75 Å². The third-order valence-corrected chi connectivity index (χ3v) is 4.24. The number of anilines is 2. The van der Waals surface area contributed by atoms with E-state index in [1.165, 1.54) is 0 Å². The molecule has 1 heterocycles. The van der Waals surface area contributed by atoms with Gasteiger partial charge in [-0.1, -0.05) is 6.07 Å². The van der Waals surface area contributed by atoms with E-state index in [0.29, 0.717) is 43.3 Å². The smallest absolute Gasteiger partial charge is 0.254 e. The number of carbonyl (C=O) groups excluding carboxylic acids is 2. The highest BCUT2D eigenvalue weighted by Crippen LogP contribution is 2.17. The second-order valence-electron chi connectivity index (χ2n) is 6.12. The highest BCUT2D eigenvalue weighted by atomic mass is 16.5. The Morgan fingerprint density at radius 1 is 1.07 bits per heavy atom. The normalized spacial score (nSPS) is 13.7. The fourth-order valence-corrected chi connectivity index (χ4v) is 2.77. The van der Waals surface area contributed by atoms with Crippen LogP contribution < -0.4 is 15.4 Å². The third-order valence-electron chi connectivity index (χ3n) is 4.24. The number of rotatable bonds is 6. The summed E-state index contributed by atoms with van der Waals surface area (Å²) >= 11 is 0. The summed E-state index contributed by atoms with van der Waals surface area (Å²) in [6, 6.07) is 14.3. The highest BCUT2D eigenvalue weighted by molar-refractivity contribution is 5.95. The lowest BCUT2D eigenvalue weighted by Gasteiger charge is -2.26. The molecule has 0 radical (unpaired) electrons. The Labute approximate surface area is 158 Å². The van der Waals surface area contributed by atoms with Crippen LogP contribution >= 0.6 is 0 Å². The van der Waals surface area contributed by atoms with Gasteiger partial charge >= 0.3 is 0 Å². The first-order valence-electron chi connectivity index (χ1n) is 8.80. The van der Waals surface area contributed by atoms with Crippen molar-refractivity contribution in [2.24, 2.45) is 0 Å². The van der Waals surface area contributed by atoms with Crippen LogP contribution in [-0.2, 0) is 9.53 Å². The molecular formula is C20H23N3O4. The predicted molar refractivity (Wildman–Crippen MR) is 103 cm³/mol. The Morgan fingerprint density at radius 3 is 2.52 bits per heavy atom. The molecule has 0 spiro atoms. The van der Waals surface area contributed by atoms with E-state index in [2.05, 4.69) is 10.6 Å². The Morgan fingerprint density at radius 2 is 1.81 bits per heavy atom. The minimum atomic E-state index is -0.170. The highest BCUT2D eigenvalue weighted by Gasteiger charge is 2.18. The lowest BCUT2D eigenvalue weighted by atomic mass is 10.1. The van der Waals surface area contributed by atoms with E-state index in [9.17, 15) is 9.59 Å². The summed E-state index contributed by atoms with van der Waals surface area (Å²) in [6.45, 7) is 2.50. The summed E-state index contributed by atoms with van der Waals surface area (Å²) in [6.07, 6.45) is 0. The molecule has 0 aromatic heterocycles. The number of carbonyl (C=O) groups is 2. The van der Waals surface area contributed by atoms with Crippen LogP contribution in [0.4, 0.5) is 11.4 Å². The van der Waals surface area contributed by atoms with Gasteiger partial charge < -0.3 is 25.0 Å². The van der Waals surface area contributed by atoms with E-state index in [4.69, 9.17) is 9.47 Å². The molecular weight excluding hydrogens is 346 g/mol. The number of amides is 2. The van der Waals surface area contributed by atoms with Gasteiger partial charge in [0, 0.05) is 36.1 Å². The summed E-state index contributed by atoms with van der Waals surface area (Å²) in [4.78, 5) is 26.3. The van der Waals surface area contributed by atoms with Crippen LogP contribution in [0.3, 0.4) is 0 Å². The molecule has 2 aromatic carbocycles. The summed E-state index contributed by atoms with van der Waals surface area (Å²) in [5.41, 5.74) is 2.07. The van der Waals surface area contributed by atoms with Crippen molar-refractivity contribution in [1.29, 1.82) is 0 Å². The fourth-order valence-electron chi connectivity index (χ4n) is 2.77. The maximum atomic E-state index is 12.4. The summed E-state index contributed by atoms with van der Waals surface area (Å²) in [7, 11) is 1.58. The molecule has 7 heteroatoms. The molecule has 1 fully saturated rings. The second-order valence-corrected chi connectivity index (χ2v) is 6.12. The average molecular weight is 369 g/mol. The van der Waals surface area contributed by atoms with Gasteiger partial charge in [0.2, 0.25) is 5.91 Å². The largest absolute Gasteiger partial charge is 0.497 e. The first-order valence-corrected chi connectivity index (χ1v) is 8.80. The molecule has 0 unspecified atom stereocenters. The molecule has 142 valence electrons. The maximum absolute atomic E-state index is 12.4. The van der Waals surface area contributed by atoms with E-state index in [0.717, 1.165) is 5.69 Å². The Bertz CT molecular complexity index is 786. The predicted octanol–water partition coefficient (Wildman–Crippen LogP) is 2.22. The van der Waals surface area contributed by atoms with Gasteiger partial charge in [-0.3, -0.25) is 9.59 Å². The van der Waals surface area contributed by atoms with E-state index in [1.807, 2.05) is 12.1 Å². The van der Waals surface area contributed by atoms with Crippen molar-refractivity contribution in [3.05, 3.63) is 54.1 Å². The van der Waals surface area contributed by atoms with E-state index < -0.39 is 0 Å². The van der Waals surface area contributed by atoms with Crippen molar-refractivity contribution in [2.45, 2.75) is 0 Å². The van der Waals surface area contributed by atoms with Gasteiger partial charge in [-0.25, -0.2) is 0 Å². The van der Waals surface area contributed by atoms with E-state index in [1.54, 1.807) is 48.4 Å². The second kappa shape index (κ2) is 9.05. The first-order chi connectivity index (χ1) is 13.2. The zero-order valence-corrected chi connectivity index (χ0v) is 15.2. The average Bonchev–Trinajstić information content (AvgIpc) is 2.73. The van der Waals surface area contributed by atoms with Crippen molar-refractivity contribution < 1.29 is 19.1 Å². The fraction of sp³-hybridized carbons (Fsp3) is 0.300. The number of methoxy groups -OCH3 is 1. The van der Waals surface area contributed by atoms with Crippen molar-refractivity contribution in [3.63, 3.8) is 0 Å². The first kappa shape index (κ1) is 18.7. The summed E-state index contributed by atoms with van der Waals surface area (Å²) in [5.74, 6) is 0.513. The molecule has 7 nitrogen and oxygen atoms in total. The minimum absolute atomic E-state index is 0.000572. The SMILES string of the molecule is COc1cccc(NC(=O)CNc2ccc(C(=O)N3CCOCC3)cc2)c1. The van der Waals surface area contributed by atoms with Crippen molar-refractivity contribution in [1.82, 2.24) is 4.90 Å². The van der Waals surface area contributed by atoms with Crippen LogP contribution in [-0.4, -0.2) is 56.7 Å². The lowest BCUT2D eigenvalue weighted by Crippen LogP contribution is -2.40. The molecule has 0 bridgehead atoms. The number of hydrogen-bond acceptors (Lipinski definition) is 5. The van der Waals surface area contributed by atoms with E-state index >= 15 is 0 Å². The lowest BCUT2D eigenvalue weighted by molar-refractivity contribution is -0.114. The maximum Gasteiger partial charge on any atom is 0.254 e. The Balaban J connectivity index is 1.50. The van der Waals surface area contributed by atoms with Gasteiger partial charge in [-0.2, -0.15) is 0 Å². The van der Waals surface area contributed by atoms with Gasteiger partial charge in [-0.15, -0.1) is 0 Å². The van der Waals surface area contributed by atoms with Crippen molar-refractivity contribution >= 4 is 23.2 Å². The molecule has 2 amide bonds. The zero-order chi connectivity index (χ0) is 19.1. The van der Waals surface area contributed by atoms with Gasteiger partial charge in [0.15, 0.2) is 0 Å². The van der Waals surface area contributed by atoms with Crippen LogP contribution in [0.25, 0.3) is 0 Å². The van der Waals surface area contributed by atoms with Crippen molar-refractivity contribution in [3.8, 4) is 5.75 Å². The summed E-state index contributed by atoms with van der Waals surface area (Å²) < 4.78 is 10.4. The number of nitrogens with zero attached hydrogens (tertiary/aromatic N) is 1. The molecule has 0 aliphatic carbocycles. The molecule has 2 N–H and O–H groups in total. The number of nitrogens with one attached hydrogen (secondary N) is 2. The number of hydrogen-bond donors (Lipinski definition) is 2. The number of ether oxygens (including phenoxy) is 2.